The summed E-state index contributed by atoms with van der Waals surface area (Å²) in [6.07, 6.45) is 1.17. The number of sulfone groups is 1. The van der Waals surface area contributed by atoms with Crippen LogP contribution in [0, 0.1) is 0 Å². The van der Waals surface area contributed by atoms with Crippen molar-refractivity contribution in [1.29, 1.82) is 0 Å². The summed E-state index contributed by atoms with van der Waals surface area (Å²) in [7, 11) is -3.29. The van der Waals surface area contributed by atoms with E-state index in [1.54, 1.807) is 53.4 Å². The van der Waals surface area contributed by atoms with Crippen LogP contribution in [-0.4, -0.2) is 73.2 Å². The minimum absolute atomic E-state index is 0.0615. The van der Waals surface area contributed by atoms with Crippen molar-refractivity contribution in [3.05, 3.63) is 65.7 Å². The van der Waals surface area contributed by atoms with Gasteiger partial charge in [-0.05, 0) is 48.5 Å². The number of benzene rings is 2. The highest BCUT2D eigenvalue weighted by Crippen LogP contribution is 2.28. The number of nitrogens with zero attached hydrogens (tertiary/aromatic N) is 5. The molecule has 0 bridgehead atoms. The number of carbonyl (C=O) groups excluding carboxylic acids is 1. The summed E-state index contributed by atoms with van der Waals surface area (Å²) < 4.78 is 29.2. The number of fused-ring (bicyclic) bond motifs is 1. The number of aromatic nitrogens is 3. The second-order valence-electron chi connectivity index (χ2n) is 8.88. The SMILES string of the molecule is CS(=O)(=O)c1ccc(-c2ccc3nc(N)nc(N4CCN(C(=O)COc5ccc(Cl)cc5)CC4)c3n2)cc1. The molecular formula is C26H25ClN6O4S. The van der Waals surface area contributed by atoms with Crippen LogP contribution in [0.1, 0.15) is 0 Å². The van der Waals surface area contributed by atoms with Crippen molar-refractivity contribution >= 4 is 50.1 Å². The largest absolute Gasteiger partial charge is 0.484 e. The average Bonchev–Trinajstić information content (AvgIpc) is 2.91. The first-order chi connectivity index (χ1) is 18.2. The maximum atomic E-state index is 12.7. The molecule has 4 aromatic rings. The van der Waals surface area contributed by atoms with Gasteiger partial charge < -0.3 is 20.3 Å². The van der Waals surface area contributed by atoms with Crippen LogP contribution in [0.5, 0.6) is 5.75 Å². The Labute approximate surface area is 224 Å². The van der Waals surface area contributed by atoms with E-state index < -0.39 is 9.84 Å². The van der Waals surface area contributed by atoms with E-state index in [9.17, 15) is 13.2 Å². The molecule has 12 heteroatoms. The Morgan fingerprint density at radius 3 is 2.29 bits per heavy atom. The van der Waals surface area contributed by atoms with Crippen molar-refractivity contribution in [1.82, 2.24) is 19.9 Å². The highest BCUT2D eigenvalue weighted by molar-refractivity contribution is 7.90. The van der Waals surface area contributed by atoms with Gasteiger partial charge >= 0.3 is 0 Å². The van der Waals surface area contributed by atoms with E-state index >= 15 is 0 Å². The minimum atomic E-state index is -3.29. The number of hydrogen-bond donors (Lipinski definition) is 1. The number of nitrogen functional groups attached to an aromatic ring is 1. The van der Waals surface area contributed by atoms with Crippen molar-refractivity contribution in [3.63, 3.8) is 0 Å². The molecule has 2 N–H and O–H groups in total. The molecule has 1 aliphatic rings. The summed E-state index contributed by atoms with van der Waals surface area (Å²) in [4.78, 5) is 30.3. The van der Waals surface area contributed by atoms with Crippen LogP contribution in [0.2, 0.25) is 5.02 Å². The lowest BCUT2D eigenvalue weighted by atomic mass is 10.1. The van der Waals surface area contributed by atoms with E-state index in [0.29, 0.717) is 59.5 Å². The summed E-state index contributed by atoms with van der Waals surface area (Å²) >= 11 is 5.89. The number of ether oxygens (including phenoxy) is 1. The van der Waals surface area contributed by atoms with E-state index in [2.05, 4.69) is 9.97 Å². The highest BCUT2D eigenvalue weighted by atomic mass is 35.5. The monoisotopic (exact) mass is 552 g/mol. The molecular weight excluding hydrogens is 528 g/mol. The number of hydrogen-bond acceptors (Lipinski definition) is 9. The van der Waals surface area contributed by atoms with Crippen molar-refractivity contribution < 1.29 is 17.9 Å². The molecule has 38 heavy (non-hydrogen) atoms. The Morgan fingerprint density at radius 2 is 1.63 bits per heavy atom. The van der Waals surface area contributed by atoms with Crippen molar-refractivity contribution in [2.75, 3.05) is 49.7 Å². The molecule has 0 saturated carbocycles. The number of halogens is 1. The second-order valence-corrected chi connectivity index (χ2v) is 11.3. The summed E-state index contributed by atoms with van der Waals surface area (Å²) in [6, 6.07) is 17.1. The van der Waals surface area contributed by atoms with Crippen LogP contribution in [-0.2, 0) is 14.6 Å². The highest BCUT2D eigenvalue weighted by Gasteiger charge is 2.25. The minimum Gasteiger partial charge on any atom is -0.484 e. The normalized spacial score (nSPS) is 14.1. The fraction of sp³-hybridized carbons (Fsp3) is 0.231. The van der Waals surface area contributed by atoms with Crippen molar-refractivity contribution in [3.8, 4) is 17.0 Å². The molecule has 2 aromatic heterocycles. The molecule has 0 radical (unpaired) electrons. The quantitative estimate of drug-likeness (QED) is 0.383. The first kappa shape index (κ1) is 25.7. The van der Waals surface area contributed by atoms with E-state index in [1.807, 2.05) is 17.0 Å². The van der Waals surface area contributed by atoms with Crippen LogP contribution in [0.3, 0.4) is 0 Å². The third-order valence-electron chi connectivity index (χ3n) is 6.23. The van der Waals surface area contributed by atoms with Crippen molar-refractivity contribution in [2.45, 2.75) is 4.90 Å². The van der Waals surface area contributed by atoms with Gasteiger partial charge in [0.15, 0.2) is 22.3 Å². The molecule has 5 rings (SSSR count). The van der Waals surface area contributed by atoms with Gasteiger partial charge in [0.25, 0.3) is 5.91 Å². The first-order valence-electron chi connectivity index (χ1n) is 11.8. The molecule has 0 aliphatic carbocycles. The smallest absolute Gasteiger partial charge is 0.260 e. The topological polar surface area (TPSA) is 132 Å². The number of rotatable bonds is 6. The van der Waals surface area contributed by atoms with Crippen LogP contribution in [0.25, 0.3) is 22.3 Å². The Hall–Kier alpha value is -3.96. The molecule has 1 aliphatic heterocycles. The number of nitrogens with two attached hydrogens (primary N) is 1. The van der Waals surface area contributed by atoms with Crippen LogP contribution in [0.15, 0.2) is 65.6 Å². The molecule has 1 fully saturated rings. The fourth-order valence-corrected chi connectivity index (χ4v) is 4.96. The number of piperazine rings is 1. The van der Waals surface area contributed by atoms with Gasteiger partial charge in [-0.25, -0.2) is 18.4 Å². The number of carbonyl (C=O) groups is 1. The molecule has 10 nitrogen and oxygen atoms in total. The van der Waals surface area contributed by atoms with E-state index in [1.165, 1.54) is 6.26 Å². The average molecular weight is 553 g/mol. The Kier molecular flexibility index (Phi) is 7.04. The summed E-state index contributed by atoms with van der Waals surface area (Å²) in [5.74, 6) is 1.20. The number of anilines is 2. The zero-order valence-corrected chi connectivity index (χ0v) is 22.1. The molecule has 0 spiro atoms. The van der Waals surface area contributed by atoms with Gasteiger partial charge in [0.05, 0.1) is 16.1 Å². The lowest BCUT2D eigenvalue weighted by Gasteiger charge is -2.35. The maximum Gasteiger partial charge on any atom is 0.260 e. The summed E-state index contributed by atoms with van der Waals surface area (Å²) in [5, 5.41) is 0.601. The lowest BCUT2D eigenvalue weighted by Crippen LogP contribution is -2.50. The first-order valence-corrected chi connectivity index (χ1v) is 14.1. The van der Waals surface area contributed by atoms with Crippen LogP contribution in [0.4, 0.5) is 11.8 Å². The van der Waals surface area contributed by atoms with Gasteiger partial charge in [-0.15, -0.1) is 0 Å². The maximum absolute atomic E-state index is 12.7. The molecule has 196 valence electrons. The van der Waals surface area contributed by atoms with Gasteiger partial charge in [0.2, 0.25) is 5.95 Å². The lowest BCUT2D eigenvalue weighted by molar-refractivity contribution is -0.133. The Balaban J connectivity index is 1.32. The van der Waals surface area contributed by atoms with Crippen LogP contribution >= 0.6 is 11.6 Å². The number of amides is 1. The van der Waals surface area contributed by atoms with Crippen molar-refractivity contribution in [2.24, 2.45) is 0 Å². The van der Waals surface area contributed by atoms with Gasteiger partial charge in [0, 0.05) is 43.0 Å². The zero-order valence-electron chi connectivity index (χ0n) is 20.5. The van der Waals surface area contributed by atoms with E-state index in [-0.39, 0.29) is 23.4 Å². The number of pyridine rings is 1. The molecule has 3 heterocycles. The third-order valence-corrected chi connectivity index (χ3v) is 7.61. The molecule has 0 atom stereocenters. The predicted octanol–water partition coefficient (Wildman–Crippen LogP) is 3.06. The predicted molar refractivity (Wildman–Crippen MR) is 146 cm³/mol. The van der Waals surface area contributed by atoms with Crippen LogP contribution < -0.4 is 15.4 Å². The molecule has 1 amide bonds. The summed E-state index contributed by atoms with van der Waals surface area (Å²) in [5.41, 5.74) is 8.58. The van der Waals surface area contributed by atoms with E-state index in [0.717, 1.165) is 5.56 Å². The van der Waals surface area contributed by atoms with Gasteiger partial charge in [-0.1, -0.05) is 23.7 Å². The summed E-state index contributed by atoms with van der Waals surface area (Å²) in [6.45, 7) is 1.98. The fourth-order valence-electron chi connectivity index (χ4n) is 4.21. The Bertz CT molecular complexity index is 1590. The van der Waals surface area contributed by atoms with E-state index in [4.69, 9.17) is 27.1 Å². The van der Waals surface area contributed by atoms with Gasteiger partial charge in [-0.3, -0.25) is 4.79 Å². The molecule has 0 unspecified atom stereocenters. The van der Waals surface area contributed by atoms with Gasteiger partial charge in [0.1, 0.15) is 11.3 Å². The second kappa shape index (κ2) is 10.4. The zero-order chi connectivity index (χ0) is 26.9. The van der Waals surface area contributed by atoms with Gasteiger partial charge in [-0.2, -0.15) is 4.98 Å². The Morgan fingerprint density at radius 1 is 0.947 bits per heavy atom. The third kappa shape index (κ3) is 5.63. The molecule has 2 aromatic carbocycles. The molecule has 1 saturated heterocycles. The standard InChI is InChI=1S/C26H25ClN6O4S/c1-38(35,36)20-8-2-17(3-9-20)21-10-11-22-24(29-21)25(31-26(28)30-22)33-14-12-32(13-15-33)23(34)16-37-19-6-4-18(27)5-7-19/h2-11H,12-16H2,1H3,(H2,28,30,31).